The highest BCUT2D eigenvalue weighted by atomic mass is 14.9. The summed E-state index contributed by atoms with van der Waals surface area (Å²) in [5, 5.41) is 3.82. The lowest BCUT2D eigenvalue weighted by Gasteiger charge is -2.21. The van der Waals surface area contributed by atoms with Crippen molar-refractivity contribution in [2.24, 2.45) is 5.92 Å². The molecule has 0 saturated heterocycles. The van der Waals surface area contributed by atoms with Gasteiger partial charge in [0.2, 0.25) is 0 Å². The summed E-state index contributed by atoms with van der Waals surface area (Å²) in [5.74, 6) is 1.03. The topological polar surface area (TPSA) is 12.0 Å². The Kier molecular flexibility index (Phi) is 7.11. The summed E-state index contributed by atoms with van der Waals surface area (Å²) in [6.07, 6.45) is 12.7. The number of hydrogen-bond acceptors (Lipinski definition) is 1. The fraction of sp³-hybridized carbons (Fsp3) is 1.00. The van der Waals surface area contributed by atoms with Gasteiger partial charge in [0, 0.05) is 12.1 Å². The van der Waals surface area contributed by atoms with Crippen LogP contribution in [0.15, 0.2) is 0 Å². The minimum absolute atomic E-state index is 0.720. The minimum Gasteiger partial charge on any atom is -0.312 e. The summed E-state index contributed by atoms with van der Waals surface area (Å²) in [7, 11) is 0. The Hall–Kier alpha value is -0.0400. The van der Waals surface area contributed by atoms with Crippen LogP contribution in [-0.4, -0.2) is 12.1 Å². The molecule has 1 N–H and O–H groups in total. The van der Waals surface area contributed by atoms with E-state index in [-0.39, 0.29) is 0 Å². The second kappa shape index (κ2) is 8.11. The van der Waals surface area contributed by atoms with Crippen molar-refractivity contribution in [3.8, 4) is 0 Å². The van der Waals surface area contributed by atoms with Gasteiger partial charge in [0.1, 0.15) is 0 Å². The van der Waals surface area contributed by atoms with E-state index >= 15 is 0 Å². The maximum absolute atomic E-state index is 3.82. The van der Waals surface area contributed by atoms with Crippen molar-refractivity contribution in [2.45, 2.75) is 90.6 Å². The second-order valence-electron chi connectivity index (χ2n) is 5.72. The van der Waals surface area contributed by atoms with Gasteiger partial charge in [-0.15, -0.1) is 0 Å². The zero-order chi connectivity index (χ0) is 11.8. The molecule has 1 nitrogen and oxygen atoms in total. The maximum atomic E-state index is 3.82. The Labute approximate surface area is 102 Å². The molecule has 1 rings (SSSR count). The first kappa shape index (κ1) is 14.0. The van der Waals surface area contributed by atoms with Gasteiger partial charge in [-0.05, 0) is 38.5 Å². The van der Waals surface area contributed by atoms with Crippen LogP contribution in [-0.2, 0) is 0 Å². The smallest absolute Gasteiger partial charge is 0.00696 e. The molecule has 1 aliphatic rings. The van der Waals surface area contributed by atoms with Crippen LogP contribution in [0.4, 0.5) is 0 Å². The number of rotatable bonds is 6. The summed E-state index contributed by atoms with van der Waals surface area (Å²) in [6.45, 7) is 6.95. The first-order valence-corrected chi connectivity index (χ1v) is 7.52. The molecule has 0 spiro atoms. The molecule has 0 heterocycles. The van der Waals surface area contributed by atoms with Gasteiger partial charge in [-0.3, -0.25) is 0 Å². The lowest BCUT2D eigenvalue weighted by Crippen LogP contribution is -2.36. The summed E-state index contributed by atoms with van der Waals surface area (Å²) >= 11 is 0. The second-order valence-corrected chi connectivity index (χ2v) is 5.72. The normalized spacial score (nSPS) is 28.7. The third-order valence-electron chi connectivity index (χ3n) is 4.03. The molecule has 3 atom stereocenters. The standard InChI is InChI=1S/C15H31N/c1-4-7-13(3)16-15-10-6-9-14(8-5-2)11-12-15/h13-16H,4-12H2,1-3H3. The van der Waals surface area contributed by atoms with Gasteiger partial charge in [-0.1, -0.05) is 46.0 Å². The molecule has 1 fully saturated rings. The fourth-order valence-corrected chi connectivity index (χ4v) is 3.16. The largest absolute Gasteiger partial charge is 0.312 e. The van der Waals surface area contributed by atoms with Crippen LogP contribution < -0.4 is 5.32 Å². The zero-order valence-electron chi connectivity index (χ0n) is 11.6. The van der Waals surface area contributed by atoms with Crippen molar-refractivity contribution in [3.05, 3.63) is 0 Å². The highest BCUT2D eigenvalue weighted by Crippen LogP contribution is 2.26. The minimum atomic E-state index is 0.720. The Bertz CT molecular complexity index is 167. The molecule has 96 valence electrons. The number of hydrogen-bond donors (Lipinski definition) is 1. The van der Waals surface area contributed by atoms with Crippen LogP contribution in [0.2, 0.25) is 0 Å². The molecule has 0 aromatic carbocycles. The van der Waals surface area contributed by atoms with Crippen LogP contribution >= 0.6 is 0 Å². The van der Waals surface area contributed by atoms with Gasteiger partial charge in [0.15, 0.2) is 0 Å². The molecule has 1 aliphatic carbocycles. The highest BCUT2D eigenvalue weighted by Gasteiger charge is 2.19. The van der Waals surface area contributed by atoms with Gasteiger partial charge in [-0.2, -0.15) is 0 Å². The molecule has 0 radical (unpaired) electrons. The van der Waals surface area contributed by atoms with E-state index in [4.69, 9.17) is 0 Å². The summed E-state index contributed by atoms with van der Waals surface area (Å²) in [5.41, 5.74) is 0. The van der Waals surface area contributed by atoms with Crippen LogP contribution in [0.5, 0.6) is 0 Å². The Morgan fingerprint density at radius 2 is 1.88 bits per heavy atom. The lowest BCUT2D eigenvalue weighted by molar-refractivity contribution is 0.379. The highest BCUT2D eigenvalue weighted by molar-refractivity contribution is 4.77. The monoisotopic (exact) mass is 225 g/mol. The van der Waals surface area contributed by atoms with Gasteiger partial charge in [0.25, 0.3) is 0 Å². The van der Waals surface area contributed by atoms with Crippen molar-refractivity contribution in [2.75, 3.05) is 0 Å². The third kappa shape index (κ3) is 5.34. The van der Waals surface area contributed by atoms with E-state index in [2.05, 4.69) is 26.1 Å². The molecule has 1 saturated carbocycles. The summed E-state index contributed by atoms with van der Waals surface area (Å²) in [4.78, 5) is 0. The zero-order valence-corrected chi connectivity index (χ0v) is 11.6. The molecule has 0 aromatic rings. The van der Waals surface area contributed by atoms with Gasteiger partial charge in [0.05, 0.1) is 0 Å². The average Bonchev–Trinajstić information content (AvgIpc) is 2.45. The fourth-order valence-electron chi connectivity index (χ4n) is 3.16. The average molecular weight is 225 g/mol. The van der Waals surface area contributed by atoms with Crippen LogP contribution in [0.25, 0.3) is 0 Å². The molecule has 0 amide bonds. The van der Waals surface area contributed by atoms with E-state index in [0.717, 1.165) is 18.0 Å². The van der Waals surface area contributed by atoms with E-state index in [1.165, 1.54) is 57.8 Å². The predicted octanol–water partition coefficient (Wildman–Crippen LogP) is 4.51. The van der Waals surface area contributed by atoms with Crippen LogP contribution in [0, 0.1) is 5.92 Å². The van der Waals surface area contributed by atoms with Gasteiger partial charge >= 0.3 is 0 Å². The van der Waals surface area contributed by atoms with Crippen molar-refractivity contribution < 1.29 is 0 Å². The molecule has 16 heavy (non-hydrogen) atoms. The predicted molar refractivity (Wildman–Crippen MR) is 72.8 cm³/mol. The molecular weight excluding hydrogens is 194 g/mol. The quantitative estimate of drug-likeness (QED) is 0.656. The van der Waals surface area contributed by atoms with Gasteiger partial charge in [-0.25, -0.2) is 0 Å². The van der Waals surface area contributed by atoms with E-state index < -0.39 is 0 Å². The maximum Gasteiger partial charge on any atom is 0.00696 e. The van der Waals surface area contributed by atoms with Crippen molar-refractivity contribution in [1.82, 2.24) is 5.32 Å². The molecule has 0 aromatic heterocycles. The van der Waals surface area contributed by atoms with Crippen LogP contribution in [0.3, 0.4) is 0 Å². The first-order chi connectivity index (χ1) is 7.76. The lowest BCUT2D eigenvalue weighted by atomic mass is 9.95. The van der Waals surface area contributed by atoms with E-state index in [0.29, 0.717) is 0 Å². The molecule has 0 bridgehead atoms. The third-order valence-corrected chi connectivity index (χ3v) is 4.03. The van der Waals surface area contributed by atoms with E-state index in [1.807, 2.05) is 0 Å². The summed E-state index contributed by atoms with van der Waals surface area (Å²) < 4.78 is 0. The number of nitrogens with one attached hydrogen (secondary N) is 1. The Morgan fingerprint density at radius 3 is 2.56 bits per heavy atom. The first-order valence-electron chi connectivity index (χ1n) is 7.52. The Morgan fingerprint density at radius 1 is 1.06 bits per heavy atom. The Balaban J connectivity index is 2.24. The van der Waals surface area contributed by atoms with Gasteiger partial charge < -0.3 is 5.32 Å². The van der Waals surface area contributed by atoms with Crippen molar-refractivity contribution >= 4 is 0 Å². The molecule has 1 heteroatoms. The van der Waals surface area contributed by atoms with E-state index in [9.17, 15) is 0 Å². The van der Waals surface area contributed by atoms with Crippen LogP contribution in [0.1, 0.15) is 78.6 Å². The molecule has 0 aliphatic heterocycles. The van der Waals surface area contributed by atoms with E-state index in [1.54, 1.807) is 0 Å². The SMILES string of the molecule is CCCC1CCCC(NC(C)CCC)CC1. The van der Waals surface area contributed by atoms with Crippen molar-refractivity contribution in [1.29, 1.82) is 0 Å². The van der Waals surface area contributed by atoms with Crippen molar-refractivity contribution in [3.63, 3.8) is 0 Å². The molecular formula is C15H31N. The summed E-state index contributed by atoms with van der Waals surface area (Å²) in [6, 6.07) is 1.53. The molecule has 3 unspecified atom stereocenters.